The van der Waals surface area contributed by atoms with E-state index in [-0.39, 0.29) is 17.0 Å². The summed E-state index contributed by atoms with van der Waals surface area (Å²) < 4.78 is 0. The number of nitrogens with one attached hydrogen (secondary N) is 2. The van der Waals surface area contributed by atoms with Crippen LogP contribution in [-0.2, 0) is 9.59 Å². The van der Waals surface area contributed by atoms with E-state index in [1.807, 2.05) is 0 Å². The first kappa shape index (κ1) is 15.7. The number of benzene rings is 1. The maximum atomic E-state index is 12.1. The normalized spacial score (nSPS) is 14.5. The van der Waals surface area contributed by atoms with Crippen molar-refractivity contribution < 1.29 is 19.2 Å². The molecule has 0 aromatic heterocycles. The van der Waals surface area contributed by atoms with Gasteiger partial charge in [-0.05, 0) is 26.0 Å². The zero-order valence-corrected chi connectivity index (χ0v) is 12.4. The Kier molecular flexibility index (Phi) is 4.55. The number of hydrogen-bond donors (Lipinski definition) is 2. The lowest BCUT2D eigenvalue weighted by Crippen LogP contribution is -2.48. The van der Waals surface area contributed by atoms with Gasteiger partial charge in [0.2, 0.25) is 11.8 Å². The highest BCUT2D eigenvalue weighted by atomic mass is 16.2. The number of carbonyl (C=O) groups is 4. The lowest BCUT2D eigenvalue weighted by Gasteiger charge is -2.17. The SMILES string of the molecule is CCNC(=O)[C@@H](C)NC(=O)CN1C(=O)c2ccccc2C1=O. The van der Waals surface area contributed by atoms with Crippen molar-refractivity contribution in [3.05, 3.63) is 35.4 Å². The molecule has 7 nitrogen and oxygen atoms in total. The fraction of sp³-hybridized carbons (Fsp3) is 0.333. The van der Waals surface area contributed by atoms with Gasteiger partial charge in [-0.3, -0.25) is 24.1 Å². The average Bonchev–Trinajstić information content (AvgIpc) is 2.73. The zero-order chi connectivity index (χ0) is 16.3. The van der Waals surface area contributed by atoms with Crippen LogP contribution in [-0.4, -0.2) is 47.7 Å². The first-order valence-corrected chi connectivity index (χ1v) is 6.98. The van der Waals surface area contributed by atoms with Crippen molar-refractivity contribution in [2.75, 3.05) is 13.1 Å². The molecule has 22 heavy (non-hydrogen) atoms. The number of fused-ring (bicyclic) bond motifs is 1. The standard InChI is InChI=1S/C15H17N3O4/c1-3-16-13(20)9(2)17-12(19)8-18-14(21)10-6-4-5-7-11(10)15(18)22/h4-7,9H,3,8H2,1-2H3,(H,16,20)(H,17,19)/t9-/m1/s1. The first-order valence-electron chi connectivity index (χ1n) is 6.98. The number of amides is 4. The molecule has 0 saturated carbocycles. The summed E-state index contributed by atoms with van der Waals surface area (Å²) in [7, 11) is 0. The van der Waals surface area contributed by atoms with Crippen molar-refractivity contribution in [1.82, 2.24) is 15.5 Å². The summed E-state index contributed by atoms with van der Waals surface area (Å²) in [5.74, 6) is -1.88. The Balaban J connectivity index is 2.00. The smallest absolute Gasteiger partial charge is 0.262 e. The van der Waals surface area contributed by atoms with Crippen LogP contribution in [0.1, 0.15) is 34.6 Å². The molecule has 0 bridgehead atoms. The summed E-state index contributed by atoms with van der Waals surface area (Å²) in [6, 6.07) is 5.67. The maximum Gasteiger partial charge on any atom is 0.262 e. The Hall–Kier alpha value is -2.70. The van der Waals surface area contributed by atoms with E-state index in [1.54, 1.807) is 31.2 Å². The van der Waals surface area contributed by atoms with Crippen molar-refractivity contribution in [3.8, 4) is 0 Å². The molecule has 7 heteroatoms. The Morgan fingerprint density at radius 3 is 2.18 bits per heavy atom. The largest absolute Gasteiger partial charge is 0.355 e. The number of likely N-dealkylation sites (N-methyl/N-ethyl adjacent to an activating group) is 1. The van der Waals surface area contributed by atoms with Crippen molar-refractivity contribution in [3.63, 3.8) is 0 Å². The molecule has 1 atom stereocenters. The molecule has 116 valence electrons. The van der Waals surface area contributed by atoms with Gasteiger partial charge in [-0.15, -0.1) is 0 Å². The third kappa shape index (κ3) is 2.98. The van der Waals surface area contributed by atoms with Gasteiger partial charge in [0.05, 0.1) is 11.1 Å². The molecule has 1 heterocycles. The molecule has 4 amide bonds. The Morgan fingerprint density at radius 1 is 1.14 bits per heavy atom. The quantitative estimate of drug-likeness (QED) is 0.744. The minimum atomic E-state index is -0.734. The summed E-state index contributed by atoms with van der Waals surface area (Å²) in [6.07, 6.45) is 0. The van der Waals surface area contributed by atoms with Crippen LogP contribution in [0.2, 0.25) is 0 Å². The van der Waals surface area contributed by atoms with Crippen LogP contribution in [0.15, 0.2) is 24.3 Å². The zero-order valence-electron chi connectivity index (χ0n) is 12.4. The van der Waals surface area contributed by atoms with E-state index in [2.05, 4.69) is 10.6 Å². The second-order valence-corrected chi connectivity index (χ2v) is 4.93. The summed E-state index contributed by atoms with van der Waals surface area (Å²) in [4.78, 5) is 48.6. The van der Waals surface area contributed by atoms with Gasteiger partial charge >= 0.3 is 0 Å². The molecule has 1 aliphatic heterocycles. The summed E-state index contributed by atoms with van der Waals surface area (Å²) >= 11 is 0. The lowest BCUT2D eigenvalue weighted by atomic mass is 10.1. The fourth-order valence-electron chi connectivity index (χ4n) is 2.21. The maximum absolute atomic E-state index is 12.1. The first-order chi connectivity index (χ1) is 10.5. The molecule has 0 unspecified atom stereocenters. The van der Waals surface area contributed by atoms with Gasteiger partial charge in [0.1, 0.15) is 12.6 Å². The van der Waals surface area contributed by atoms with Crippen LogP contribution in [0, 0.1) is 0 Å². The van der Waals surface area contributed by atoms with Gasteiger partial charge in [-0.2, -0.15) is 0 Å². The highest BCUT2D eigenvalue weighted by Crippen LogP contribution is 2.21. The molecule has 0 aliphatic carbocycles. The minimum absolute atomic E-state index is 0.289. The third-order valence-corrected chi connectivity index (χ3v) is 3.30. The molecule has 2 N–H and O–H groups in total. The van der Waals surface area contributed by atoms with Gasteiger partial charge in [-0.1, -0.05) is 12.1 Å². The summed E-state index contributed by atoms with van der Waals surface area (Å²) in [6.45, 7) is 3.35. The van der Waals surface area contributed by atoms with E-state index in [4.69, 9.17) is 0 Å². The lowest BCUT2D eigenvalue weighted by molar-refractivity contribution is -0.128. The summed E-state index contributed by atoms with van der Waals surface area (Å²) in [5.41, 5.74) is 0.578. The topological polar surface area (TPSA) is 95.6 Å². The van der Waals surface area contributed by atoms with Crippen molar-refractivity contribution in [2.45, 2.75) is 19.9 Å². The van der Waals surface area contributed by atoms with Crippen molar-refractivity contribution >= 4 is 23.6 Å². The Morgan fingerprint density at radius 2 is 1.68 bits per heavy atom. The number of rotatable bonds is 5. The minimum Gasteiger partial charge on any atom is -0.355 e. The van der Waals surface area contributed by atoms with E-state index in [0.29, 0.717) is 6.54 Å². The molecule has 0 spiro atoms. The predicted molar refractivity (Wildman–Crippen MR) is 78.1 cm³/mol. The molecule has 1 aromatic carbocycles. The monoisotopic (exact) mass is 303 g/mol. The van der Waals surface area contributed by atoms with Crippen LogP contribution in [0.25, 0.3) is 0 Å². The predicted octanol–water partition coefficient (Wildman–Crippen LogP) is -0.0766. The number of carbonyl (C=O) groups excluding carboxylic acids is 4. The molecule has 2 rings (SSSR count). The van der Waals surface area contributed by atoms with Crippen LogP contribution >= 0.6 is 0 Å². The van der Waals surface area contributed by atoms with Gasteiger partial charge in [0, 0.05) is 6.54 Å². The molecule has 1 aliphatic rings. The Labute approximate surface area is 127 Å². The van der Waals surface area contributed by atoms with E-state index < -0.39 is 30.3 Å². The highest BCUT2D eigenvalue weighted by Gasteiger charge is 2.36. The Bertz CT molecular complexity index is 606. The fourth-order valence-corrected chi connectivity index (χ4v) is 2.21. The van der Waals surface area contributed by atoms with Crippen LogP contribution in [0.3, 0.4) is 0 Å². The van der Waals surface area contributed by atoms with Gasteiger partial charge in [0.15, 0.2) is 0 Å². The molecule has 0 radical (unpaired) electrons. The van der Waals surface area contributed by atoms with Gasteiger partial charge in [0.25, 0.3) is 11.8 Å². The molecule has 0 fully saturated rings. The van der Waals surface area contributed by atoms with Crippen molar-refractivity contribution in [1.29, 1.82) is 0 Å². The van der Waals surface area contributed by atoms with E-state index in [9.17, 15) is 19.2 Å². The third-order valence-electron chi connectivity index (χ3n) is 3.30. The van der Waals surface area contributed by atoms with E-state index in [0.717, 1.165) is 4.90 Å². The molecule has 0 saturated heterocycles. The number of imide groups is 1. The second-order valence-electron chi connectivity index (χ2n) is 4.93. The van der Waals surface area contributed by atoms with Gasteiger partial charge in [-0.25, -0.2) is 0 Å². The average molecular weight is 303 g/mol. The van der Waals surface area contributed by atoms with E-state index >= 15 is 0 Å². The molecular weight excluding hydrogens is 286 g/mol. The molecular formula is C15H17N3O4. The number of hydrogen-bond acceptors (Lipinski definition) is 4. The van der Waals surface area contributed by atoms with Crippen LogP contribution in [0.5, 0.6) is 0 Å². The van der Waals surface area contributed by atoms with E-state index in [1.165, 1.54) is 6.92 Å². The second kappa shape index (κ2) is 6.38. The van der Waals surface area contributed by atoms with Gasteiger partial charge < -0.3 is 10.6 Å². The highest BCUT2D eigenvalue weighted by molar-refractivity contribution is 6.22. The van der Waals surface area contributed by atoms with Crippen LogP contribution < -0.4 is 10.6 Å². The molecule has 1 aromatic rings. The van der Waals surface area contributed by atoms with Crippen molar-refractivity contribution in [2.24, 2.45) is 0 Å². The van der Waals surface area contributed by atoms with Crippen LogP contribution in [0.4, 0.5) is 0 Å². The summed E-state index contributed by atoms with van der Waals surface area (Å²) in [5, 5.41) is 5.04. The number of nitrogens with zero attached hydrogens (tertiary/aromatic N) is 1.